The molecule has 8 heteroatoms. The Hall–Kier alpha value is -3.23. The van der Waals surface area contributed by atoms with Crippen LogP contribution in [0.15, 0.2) is 72.9 Å². The van der Waals surface area contributed by atoms with Gasteiger partial charge in [-0.2, -0.15) is 0 Å². The molecule has 0 radical (unpaired) electrons. The van der Waals surface area contributed by atoms with Gasteiger partial charge in [-0.15, -0.1) is 0 Å². The molecule has 2 unspecified atom stereocenters. The maximum Gasteiger partial charge on any atom is 0.306 e. The van der Waals surface area contributed by atoms with Crippen LogP contribution < -0.4 is 5.11 Å². The molecule has 0 fully saturated rings. The van der Waals surface area contributed by atoms with E-state index in [9.17, 15) is 19.5 Å². The Balaban J connectivity index is 4.27. The number of unbranched alkanes of at least 4 members (excludes halogenated alkanes) is 22. The molecule has 2 atom stereocenters. The SMILES string of the molecule is CC/C=C/C/C=C/C/C=C/C/C=C/C/C=C/CCCCCCCCC(=O)OC(COCCC(C(=O)[O-])[N+](C)(C)C)COC(=O)CCCCCCCCC/C=C/CCCCCCCCCCC. The Kier molecular flexibility index (Phi) is 45.9. The molecule has 0 bridgehead atoms. The van der Waals surface area contributed by atoms with Crippen LogP contribution in [-0.2, 0) is 28.6 Å². The van der Waals surface area contributed by atoms with E-state index >= 15 is 0 Å². The van der Waals surface area contributed by atoms with Crippen molar-refractivity contribution in [1.82, 2.24) is 0 Å². The van der Waals surface area contributed by atoms with E-state index in [1.807, 2.05) is 0 Å². The number of aliphatic carboxylic acids is 1. The number of allylic oxidation sites excluding steroid dienone is 12. The largest absolute Gasteiger partial charge is 0.544 e. The first-order valence-electron chi connectivity index (χ1n) is 27.0. The molecule has 0 aliphatic heterocycles. The standard InChI is InChI=1S/C58H101NO7/c1-6-8-10-12-14-16-18-20-22-24-26-28-29-31-33-35-37-39-41-43-45-47-49-57(61)66-54(52-64-51-50-55(58(62)63)59(3,4)5)53-65-56(60)48-46-44-42-40-38-36-34-32-30-27-25-23-21-19-17-15-13-11-9-7-2/h8,10,14,16,20,22,26-28,30-31,33,54-55H,6-7,9,11-13,15,17-19,21,23-25,29,32,34-53H2,1-5H3/b10-8+,16-14+,22-20+,28-26+,30-27+,33-31+. The van der Waals surface area contributed by atoms with Crippen LogP contribution in [0.4, 0.5) is 0 Å². The second kappa shape index (κ2) is 48.2. The summed E-state index contributed by atoms with van der Waals surface area (Å²) in [4.78, 5) is 37.1. The Morgan fingerprint density at radius 2 is 0.848 bits per heavy atom. The average molecular weight is 924 g/mol. The summed E-state index contributed by atoms with van der Waals surface area (Å²) in [6.45, 7) is 4.55. The van der Waals surface area contributed by atoms with Crippen LogP contribution in [-0.4, -0.2) is 75.5 Å². The lowest BCUT2D eigenvalue weighted by Gasteiger charge is -2.34. The molecule has 0 N–H and O–H groups in total. The Labute approximate surface area is 406 Å². The molecule has 0 aliphatic rings. The van der Waals surface area contributed by atoms with Crippen molar-refractivity contribution in [2.75, 3.05) is 41.0 Å². The second-order valence-corrected chi connectivity index (χ2v) is 19.1. The van der Waals surface area contributed by atoms with E-state index in [0.29, 0.717) is 12.8 Å². The highest BCUT2D eigenvalue weighted by Crippen LogP contribution is 2.15. The summed E-state index contributed by atoms with van der Waals surface area (Å²) in [5, 5.41) is 11.7. The Bertz CT molecular complexity index is 1310. The average Bonchev–Trinajstić information content (AvgIpc) is 3.28. The molecule has 8 nitrogen and oxygen atoms in total. The summed E-state index contributed by atoms with van der Waals surface area (Å²) >= 11 is 0. The maximum atomic E-state index is 12.8. The molecule has 0 spiro atoms. The lowest BCUT2D eigenvalue weighted by Crippen LogP contribution is -2.55. The van der Waals surface area contributed by atoms with E-state index in [2.05, 4.69) is 86.8 Å². The van der Waals surface area contributed by atoms with E-state index in [4.69, 9.17) is 14.2 Å². The van der Waals surface area contributed by atoms with Crippen molar-refractivity contribution in [3.05, 3.63) is 72.9 Å². The number of hydrogen-bond donors (Lipinski definition) is 0. The van der Waals surface area contributed by atoms with Gasteiger partial charge in [0, 0.05) is 19.3 Å². The fraction of sp³-hybridized carbons (Fsp3) is 0.741. The number of nitrogens with zero attached hydrogens (tertiary/aromatic N) is 1. The minimum atomic E-state index is -1.13. The zero-order valence-corrected chi connectivity index (χ0v) is 43.3. The van der Waals surface area contributed by atoms with E-state index in [0.717, 1.165) is 83.5 Å². The highest BCUT2D eigenvalue weighted by molar-refractivity contribution is 5.70. The molecular formula is C58H101NO7. The smallest absolute Gasteiger partial charge is 0.306 e. The van der Waals surface area contributed by atoms with Crippen LogP contribution in [0.25, 0.3) is 0 Å². The van der Waals surface area contributed by atoms with Gasteiger partial charge in [-0.1, -0.05) is 196 Å². The predicted octanol–water partition coefficient (Wildman–Crippen LogP) is 14.5. The number of likely N-dealkylation sites (N-methyl/N-ethyl adjacent to an activating group) is 1. The van der Waals surface area contributed by atoms with Gasteiger partial charge in [0.2, 0.25) is 0 Å². The first kappa shape index (κ1) is 62.8. The van der Waals surface area contributed by atoms with Crippen molar-refractivity contribution < 1.29 is 38.2 Å². The number of carbonyl (C=O) groups is 3. The summed E-state index contributed by atoms with van der Waals surface area (Å²) in [7, 11) is 5.41. The number of rotatable bonds is 48. The van der Waals surface area contributed by atoms with Crippen molar-refractivity contribution in [3.63, 3.8) is 0 Å². The zero-order valence-electron chi connectivity index (χ0n) is 43.3. The van der Waals surface area contributed by atoms with Crippen LogP contribution in [0, 0.1) is 0 Å². The third-order valence-electron chi connectivity index (χ3n) is 11.8. The predicted molar refractivity (Wildman–Crippen MR) is 277 cm³/mol. The van der Waals surface area contributed by atoms with Crippen molar-refractivity contribution in [2.45, 2.75) is 238 Å². The number of ether oxygens (including phenoxy) is 3. The molecule has 0 saturated heterocycles. The number of carboxylic acid groups (broad SMARTS) is 1. The second-order valence-electron chi connectivity index (χ2n) is 19.1. The van der Waals surface area contributed by atoms with Gasteiger partial charge in [-0.25, -0.2) is 0 Å². The summed E-state index contributed by atoms with van der Waals surface area (Å²) in [6.07, 6.45) is 62.2. The summed E-state index contributed by atoms with van der Waals surface area (Å²) in [5.41, 5.74) is 0. The third-order valence-corrected chi connectivity index (χ3v) is 11.8. The van der Waals surface area contributed by atoms with Gasteiger partial charge in [0.1, 0.15) is 12.6 Å². The molecule has 0 heterocycles. The third kappa shape index (κ3) is 45.9. The summed E-state index contributed by atoms with van der Waals surface area (Å²) in [5.74, 6) is -1.76. The number of hydrogen-bond acceptors (Lipinski definition) is 7. The van der Waals surface area contributed by atoms with E-state index < -0.39 is 18.1 Å². The molecule has 0 amide bonds. The zero-order chi connectivity index (χ0) is 48.4. The number of carbonyl (C=O) groups excluding carboxylic acids is 3. The van der Waals surface area contributed by atoms with Crippen molar-refractivity contribution >= 4 is 17.9 Å². The molecule has 0 saturated carbocycles. The van der Waals surface area contributed by atoms with Gasteiger partial charge < -0.3 is 28.6 Å². The Morgan fingerprint density at radius 1 is 0.470 bits per heavy atom. The van der Waals surface area contributed by atoms with Crippen molar-refractivity contribution in [1.29, 1.82) is 0 Å². The fourth-order valence-corrected chi connectivity index (χ4v) is 7.68. The number of esters is 2. The quantitative estimate of drug-likeness (QED) is 0.0259. The van der Waals surface area contributed by atoms with Crippen molar-refractivity contribution in [2.24, 2.45) is 0 Å². The maximum absolute atomic E-state index is 12.8. The summed E-state index contributed by atoms with van der Waals surface area (Å²) < 4.78 is 17.3. The van der Waals surface area contributed by atoms with Crippen LogP contribution in [0.2, 0.25) is 0 Å². The van der Waals surface area contributed by atoms with E-state index in [1.165, 1.54) is 109 Å². The Morgan fingerprint density at radius 3 is 1.27 bits per heavy atom. The van der Waals surface area contributed by atoms with Crippen LogP contribution in [0.1, 0.15) is 226 Å². The normalized spacial score (nSPS) is 13.4. The van der Waals surface area contributed by atoms with Crippen molar-refractivity contribution in [3.8, 4) is 0 Å². The van der Waals surface area contributed by atoms with Crippen LogP contribution >= 0.6 is 0 Å². The van der Waals surface area contributed by atoms with Gasteiger partial charge in [0.25, 0.3) is 0 Å². The van der Waals surface area contributed by atoms with Crippen LogP contribution in [0.3, 0.4) is 0 Å². The van der Waals surface area contributed by atoms with Crippen LogP contribution in [0.5, 0.6) is 0 Å². The molecule has 0 aromatic carbocycles. The molecule has 0 rings (SSSR count). The fourth-order valence-electron chi connectivity index (χ4n) is 7.68. The molecular weight excluding hydrogens is 823 g/mol. The topological polar surface area (TPSA) is 102 Å². The first-order valence-corrected chi connectivity index (χ1v) is 27.0. The molecule has 0 aliphatic carbocycles. The molecule has 66 heavy (non-hydrogen) atoms. The minimum absolute atomic E-state index is 0.0307. The van der Waals surface area contributed by atoms with Gasteiger partial charge >= 0.3 is 11.9 Å². The molecule has 380 valence electrons. The van der Waals surface area contributed by atoms with Gasteiger partial charge in [0.05, 0.1) is 40.3 Å². The summed E-state index contributed by atoms with van der Waals surface area (Å²) in [6, 6.07) is -0.733. The lowest BCUT2D eigenvalue weighted by molar-refractivity contribution is -0.889. The molecule has 0 aromatic heterocycles. The lowest BCUT2D eigenvalue weighted by atomic mass is 10.1. The van der Waals surface area contributed by atoms with Gasteiger partial charge in [0.15, 0.2) is 6.10 Å². The molecule has 0 aromatic rings. The van der Waals surface area contributed by atoms with E-state index in [-0.39, 0.29) is 42.7 Å². The van der Waals surface area contributed by atoms with E-state index in [1.54, 1.807) is 21.1 Å². The van der Waals surface area contributed by atoms with Gasteiger partial charge in [-0.3, -0.25) is 9.59 Å². The highest BCUT2D eigenvalue weighted by atomic mass is 16.6. The first-order chi connectivity index (χ1) is 32.1. The monoisotopic (exact) mass is 924 g/mol. The number of carboxylic acids is 1. The highest BCUT2D eigenvalue weighted by Gasteiger charge is 2.25. The minimum Gasteiger partial charge on any atom is -0.544 e. The van der Waals surface area contributed by atoms with Gasteiger partial charge in [-0.05, 0) is 83.5 Å². The number of quaternary nitrogens is 1.